The van der Waals surface area contributed by atoms with Crippen LogP contribution in [0.5, 0.6) is 0 Å². The van der Waals surface area contributed by atoms with E-state index in [-0.39, 0.29) is 10.5 Å². The van der Waals surface area contributed by atoms with Crippen molar-refractivity contribution < 1.29 is 9.16 Å². The van der Waals surface area contributed by atoms with E-state index in [2.05, 4.69) is 47.7 Å². The Hall–Kier alpha value is 0.137. The van der Waals surface area contributed by atoms with Gasteiger partial charge >= 0.3 is 0 Å². The Morgan fingerprint density at radius 1 is 0.857 bits per heavy atom. The van der Waals surface area contributed by atoms with Crippen LogP contribution >= 0.6 is 0 Å². The molecule has 0 spiro atoms. The lowest BCUT2D eigenvalue weighted by atomic mass is 9.80. The van der Waals surface area contributed by atoms with Gasteiger partial charge in [-0.25, -0.2) is 0 Å². The number of unbranched alkanes of at least 4 members (excludes halogenated alkanes) is 2. The fourth-order valence-electron chi connectivity index (χ4n) is 2.42. The third-order valence-corrected chi connectivity index (χ3v) is 9.60. The molecular formula is C18H40O2Si. The van der Waals surface area contributed by atoms with Gasteiger partial charge in [0.2, 0.25) is 0 Å². The summed E-state index contributed by atoms with van der Waals surface area (Å²) in [5.74, 6) is 0. The van der Waals surface area contributed by atoms with Crippen molar-refractivity contribution in [2.45, 2.75) is 91.3 Å². The van der Waals surface area contributed by atoms with Crippen molar-refractivity contribution in [2.75, 3.05) is 20.3 Å². The highest BCUT2D eigenvalue weighted by molar-refractivity contribution is 6.74. The van der Waals surface area contributed by atoms with E-state index in [1.54, 1.807) is 0 Å². The topological polar surface area (TPSA) is 18.5 Å². The molecule has 0 atom stereocenters. The van der Waals surface area contributed by atoms with Gasteiger partial charge in [-0.15, -0.1) is 0 Å². The van der Waals surface area contributed by atoms with Gasteiger partial charge in [0.15, 0.2) is 8.32 Å². The minimum atomic E-state index is -1.68. The Balaban J connectivity index is 4.92. The van der Waals surface area contributed by atoms with Crippen LogP contribution in [0, 0.1) is 5.41 Å². The molecular weight excluding hydrogens is 276 g/mol. The van der Waals surface area contributed by atoms with Crippen LogP contribution in [0.1, 0.15) is 73.1 Å². The molecule has 21 heavy (non-hydrogen) atoms. The van der Waals surface area contributed by atoms with Crippen LogP contribution < -0.4 is 0 Å². The molecule has 0 aromatic heterocycles. The molecule has 128 valence electrons. The summed E-state index contributed by atoms with van der Waals surface area (Å²) in [4.78, 5) is 0. The molecule has 0 aliphatic rings. The standard InChI is InChI=1S/C18H40O2Si/c1-9-11-13-18(15-19-6,14-12-10-2)16-20-21(7,8)17(3,4)5/h9-16H2,1-8H3. The summed E-state index contributed by atoms with van der Waals surface area (Å²) < 4.78 is 12.2. The molecule has 0 heterocycles. The quantitative estimate of drug-likeness (QED) is 0.434. The highest BCUT2D eigenvalue weighted by atomic mass is 28.4. The van der Waals surface area contributed by atoms with Gasteiger partial charge in [-0.05, 0) is 31.0 Å². The fourth-order valence-corrected chi connectivity index (χ4v) is 3.52. The first-order chi connectivity index (χ1) is 9.64. The average molecular weight is 317 g/mol. The largest absolute Gasteiger partial charge is 0.416 e. The minimum Gasteiger partial charge on any atom is -0.416 e. The molecule has 0 aromatic carbocycles. The van der Waals surface area contributed by atoms with E-state index in [1.165, 1.54) is 38.5 Å². The highest BCUT2D eigenvalue weighted by Gasteiger charge is 2.40. The van der Waals surface area contributed by atoms with Crippen molar-refractivity contribution in [3.8, 4) is 0 Å². The number of hydrogen-bond donors (Lipinski definition) is 0. The number of rotatable bonds is 11. The zero-order valence-corrected chi connectivity index (χ0v) is 17.0. The van der Waals surface area contributed by atoms with Crippen LogP contribution in [0.4, 0.5) is 0 Å². The summed E-state index contributed by atoms with van der Waals surface area (Å²) >= 11 is 0. The second-order valence-corrected chi connectivity index (χ2v) is 13.0. The Morgan fingerprint density at radius 3 is 1.67 bits per heavy atom. The SMILES string of the molecule is CCCCC(CCCC)(COC)CO[Si](C)(C)C(C)(C)C. The van der Waals surface area contributed by atoms with Gasteiger partial charge in [-0.3, -0.25) is 0 Å². The fraction of sp³-hybridized carbons (Fsp3) is 1.00. The van der Waals surface area contributed by atoms with Crippen LogP contribution in [0.25, 0.3) is 0 Å². The van der Waals surface area contributed by atoms with E-state index in [9.17, 15) is 0 Å². The third-order valence-electron chi connectivity index (χ3n) is 5.12. The van der Waals surface area contributed by atoms with Crippen LogP contribution in [-0.4, -0.2) is 28.6 Å². The van der Waals surface area contributed by atoms with Gasteiger partial charge < -0.3 is 9.16 Å². The van der Waals surface area contributed by atoms with E-state index >= 15 is 0 Å². The number of ether oxygens (including phenoxy) is 1. The van der Waals surface area contributed by atoms with E-state index in [0.717, 1.165) is 13.2 Å². The normalized spacial score (nSPS) is 13.7. The molecule has 0 rings (SSSR count). The number of methoxy groups -OCH3 is 1. The first-order valence-electron chi connectivity index (χ1n) is 8.77. The molecule has 0 saturated carbocycles. The number of hydrogen-bond acceptors (Lipinski definition) is 2. The summed E-state index contributed by atoms with van der Waals surface area (Å²) in [7, 11) is 0.155. The lowest BCUT2D eigenvalue weighted by molar-refractivity contribution is 0.0177. The van der Waals surface area contributed by atoms with Gasteiger partial charge in [0.1, 0.15) is 0 Å². The van der Waals surface area contributed by atoms with Crippen LogP contribution in [-0.2, 0) is 9.16 Å². The van der Waals surface area contributed by atoms with Crippen molar-refractivity contribution in [3.63, 3.8) is 0 Å². The maximum atomic E-state index is 6.56. The summed E-state index contributed by atoms with van der Waals surface area (Å²) in [5.41, 5.74) is 0.219. The predicted octanol–water partition coefficient (Wildman–Crippen LogP) is 6.02. The molecule has 0 unspecified atom stereocenters. The lowest BCUT2D eigenvalue weighted by Gasteiger charge is -2.41. The molecule has 0 amide bonds. The molecule has 0 N–H and O–H groups in total. The van der Waals surface area contributed by atoms with Crippen molar-refractivity contribution in [1.29, 1.82) is 0 Å². The minimum absolute atomic E-state index is 0.219. The van der Waals surface area contributed by atoms with E-state index in [1.807, 2.05) is 7.11 Å². The summed E-state index contributed by atoms with van der Waals surface area (Å²) in [5, 5.41) is 0.279. The molecule has 0 aromatic rings. The Labute approximate surface area is 135 Å². The first-order valence-corrected chi connectivity index (χ1v) is 11.7. The van der Waals surface area contributed by atoms with Gasteiger partial charge in [0, 0.05) is 19.1 Å². The summed E-state index contributed by atoms with van der Waals surface area (Å²) in [6.45, 7) is 17.9. The maximum absolute atomic E-state index is 6.56. The second kappa shape index (κ2) is 9.31. The average Bonchev–Trinajstić information content (AvgIpc) is 2.39. The van der Waals surface area contributed by atoms with Crippen LogP contribution in [0.3, 0.4) is 0 Å². The van der Waals surface area contributed by atoms with Crippen LogP contribution in [0.2, 0.25) is 18.1 Å². The maximum Gasteiger partial charge on any atom is 0.192 e. The lowest BCUT2D eigenvalue weighted by Crippen LogP contribution is -2.45. The van der Waals surface area contributed by atoms with Crippen molar-refractivity contribution in [3.05, 3.63) is 0 Å². The second-order valence-electron chi connectivity index (χ2n) is 8.19. The summed E-state index contributed by atoms with van der Waals surface area (Å²) in [6.07, 6.45) is 7.50. The van der Waals surface area contributed by atoms with E-state index in [4.69, 9.17) is 9.16 Å². The van der Waals surface area contributed by atoms with Gasteiger partial charge in [0.25, 0.3) is 0 Å². The first kappa shape index (κ1) is 21.1. The third kappa shape index (κ3) is 7.29. The highest BCUT2D eigenvalue weighted by Crippen LogP contribution is 2.39. The zero-order chi connectivity index (χ0) is 16.6. The predicted molar refractivity (Wildman–Crippen MR) is 96.5 cm³/mol. The Morgan fingerprint density at radius 2 is 1.33 bits per heavy atom. The molecule has 3 heteroatoms. The molecule has 2 nitrogen and oxygen atoms in total. The zero-order valence-electron chi connectivity index (χ0n) is 16.0. The van der Waals surface area contributed by atoms with E-state index < -0.39 is 8.32 Å². The molecule has 0 fully saturated rings. The van der Waals surface area contributed by atoms with Gasteiger partial charge in [-0.1, -0.05) is 60.3 Å². The van der Waals surface area contributed by atoms with Crippen molar-refractivity contribution >= 4 is 8.32 Å². The smallest absolute Gasteiger partial charge is 0.192 e. The molecule has 0 saturated heterocycles. The van der Waals surface area contributed by atoms with Crippen molar-refractivity contribution in [1.82, 2.24) is 0 Å². The van der Waals surface area contributed by atoms with Crippen molar-refractivity contribution in [2.24, 2.45) is 5.41 Å². The molecule has 0 aliphatic heterocycles. The van der Waals surface area contributed by atoms with Crippen LogP contribution in [0.15, 0.2) is 0 Å². The monoisotopic (exact) mass is 316 g/mol. The summed E-state index contributed by atoms with van der Waals surface area (Å²) in [6, 6.07) is 0. The van der Waals surface area contributed by atoms with Gasteiger partial charge in [0.05, 0.1) is 6.61 Å². The molecule has 0 aliphatic carbocycles. The van der Waals surface area contributed by atoms with E-state index in [0.29, 0.717) is 0 Å². The van der Waals surface area contributed by atoms with Gasteiger partial charge in [-0.2, -0.15) is 0 Å². The Bertz CT molecular complexity index is 261. The Kier molecular flexibility index (Phi) is 9.38. The molecule has 0 bridgehead atoms. The molecule has 0 radical (unpaired) electrons.